The molecule has 0 aliphatic carbocycles. The molecule has 0 aliphatic heterocycles. The molecular weight excluding hydrogens is 341 g/mol. The van der Waals surface area contributed by atoms with Crippen LogP contribution >= 0.6 is 23.2 Å². The van der Waals surface area contributed by atoms with Crippen molar-refractivity contribution in [1.82, 2.24) is 0 Å². The van der Waals surface area contributed by atoms with Crippen LogP contribution in [0.4, 0.5) is 11.4 Å². The van der Waals surface area contributed by atoms with Gasteiger partial charge in [0.25, 0.3) is 0 Å². The first-order valence-corrected chi connectivity index (χ1v) is 7.09. The molecule has 0 atom stereocenters. The van der Waals surface area contributed by atoms with Crippen LogP contribution in [-0.4, -0.2) is 17.7 Å². The lowest BCUT2D eigenvalue weighted by atomic mass is 10.2. The van der Waals surface area contributed by atoms with Gasteiger partial charge in [0.2, 0.25) is 5.91 Å². The Labute approximate surface area is 141 Å². The summed E-state index contributed by atoms with van der Waals surface area (Å²) in [5.41, 5.74) is 6.09. The monoisotopic (exact) mass is 351 g/mol. The van der Waals surface area contributed by atoms with Crippen LogP contribution in [0.2, 0.25) is 10.0 Å². The van der Waals surface area contributed by atoms with E-state index in [1.165, 1.54) is 42.5 Å². The number of benzene rings is 2. The minimum atomic E-state index is -0.873. The minimum Gasteiger partial charge on any atom is -0.366 e. The van der Waals surface area contributed by atoms with Crippen molar-refractivity contribution in [3.8, 4) is 0 Å². The third-order valence-corrected chi connectivity index (χ3v) is 3.55. The van der Waals surface area contributed by atoms with Gasteiger partial charge < -0.3 is 16.4 Å². The van der Waals surface area contributed by atoms with E-state index in [-0.39, 0.29) is 5.02 Å². The molecule has 3 amide bonds. The summed E-state index contributed by atoms with van der Waals surface area (Å²) in [5.74, 6) is -2.33. The first kappa shape index (κ1) is 16.8. The average molecular weight is 352 g/mol. The molecule has 0 aliphatic rings. The smallest absolute Gasteiger partial charge is 0.314 e. The van der Waals surface area contributed by atoms with E-state index in [4.69, 9.17) is 28.9 Å². The third-order valence-electron chi connectivity index (χ3n) is 2.81. The van der Waals surface area contributed by atoms with Crippen LogP contribution < -0.4 is 16.4 Å². The van der Waals surface area contributed by atoms with E-state index in [1.807, 2.05) is 0 Å². The van der Waals surface area contributed by atoms with E-state index in [9.17, 15) is 14.4 Å². The summed E-state index contributed by atoms with van der Waals surface area (Å²) in [6.45, 7) is 0. The normalized spacial score (nSPS) is 10.0. The van der Waals surface area contributed by atoms with Crippen LogP contribution in [0, 0.1) is 0 Å². The average Bonchev–Trinajstić information content (AvgIpc) is 2.51. The topological polar surface area (TPSA) is 101 Å². The minimum absolute atomic E-state index is 0.256. The van der Waals surface area contributed by atoms with Crippen molar-refractivity contribution >= 4 is 52.3 Å². The second-order valence-corrected chi connectivity index (χ2v) is 5.29. The molecule has 0 unspecified atom stereocenters. The van der Waals surface area contributed by atoms with E-state index >= 15 is 0 Å². The molecule has 2 rings (SSSR count). The zero-order chi connectivity index (χ0) is 17.0. The van der Waals surface area contributed by atoms with E-state index in [1.54, 1.807) is 0 Å². The Morgan fingerprint density at radius 2 is 1.30 bits per heavy atom. The van der Waals surface area contributed by atoms with Crippen LogP contribution in [0.1, 0.15) is 10.4 Å². The maximum atomic E-state index is 11.8. The van der Waals surface area contributed by atoms with Crippen LogP contribution in [0.15, 0.2) is 42.5 Å². The summed E-state index contributed by atoms with van der Waals surface area (Å²) in [4.78, 5) is 34.6. The summed E-state index contributed by atoms with van der Waals surface area (Å²) in [6, 6.07) is 10.2. The summed E-state index contributed by atoms with van der Waals surface area (Å²) in [5, 5.41) is 5.38. The Balaban J connectivity index is 2.00. The molecule has 23 heavy (non-hydrogen) atoms. The molecule has 118 valence electrons. The first-order valence-electron chi connectivity index (χ1n) is 6.34. The van der Waals surface area contributed by atoms with Gasteiger partial charge in [-0.15, -0.1) is 0 Å². The van der Waals surface area contributed by atoms with Crippen LogP contribution in [0.25, 0.3) is 0 Å². The zero-order valence-electron chi connectivity index (χ0n) is 11.6. The number of rotatable bonds is 3. The number of hydrogen-bond donors (Lipinski definition) is 3. The molecule has 0 fully saturated rings. The lowest BCUT2D eigenvalue weighted by molar-refractivity contribution is -0.132. The molecule has 0 aromatic heterocycles. The Kier molecular flexibility index (Phi) is 5.20. The maximum absolute atomic E-state index is 11.8. The number of carbonyl (C=O) groups excluding carboxylic acids is 3. The molecule has 0 saturated heterocycles. The van der Waals surface area contributed by atoms with Crippen LogP contribution in [-0.2, 0) is 9.59 Å². The van der Waals surface area contributed by atoms with Gasteiger partial charge in [-0.2, -0.15) is 0 Å². The number of hydrogen-bond acceptors (Lipinski definition) is 3. The molecule has 0 radical (unpaired) electrons. The highest BCUT2D eigenvalue weighted by Crippen LogP contribution is 2.24. The standard InChI is InChI=1S/C15H11Cl2N3O3/c16-11-6-5-10(7-12(11)17)20-15(23)14(22)19-9-3-1-8(2-4-9)13(18)21/h1-7H,(H2,18,21)(H,19,22)(H,20,23). The Morgan fingerprint density at radius 1 is 0.783 bits per heavy atom. The number of carbonyl (C=O) groups is 3. The molecule has 2 aromatic rings. The highest BCUT2D eigenvalue weighted by molar-refractivity contribution is 6.44. The number of amides is 3. The van der Waals surface area contributed by atoms with Gasteiger partial charge in [0.05, 0.1) is 10.0 Å². The van der Waals surface area contributed by atoms with Crippen LogP contribution in [0.5, 0.6) is 0 Å². The van der Waals surface area contributed by atoms with Gasteiger partial charge in [0.1, 0.15) is 0 Å². The van der Waals surface area contributed by atoms with E-state index in [2.05, 4.69) is 10.6 Å². The SMILES string of the molecule is NC(=O)c1ccc(NC(=O)C(=O)Nc2ccc(Cl)c(Cl)c2)cc1. The second kappa shape index (κ2) is 7.13. The van der Waals surface area contributed by atoms with Crippen molar-refractivity contribution in [1.29, 1.82) is 0 Å². The van der Waals surface area contributed by atoms with Gasteiger partial charge in [0.15, 0.2) is 0 Å². The molecule has 2 aromatic carbocycles. The molecule has 0 saturated carbocycles. The van der Waals surface area contributed by atoms with Gasteiger partial charge >= 0.3 is 11.8 Å². The quantitative estimate of drug-likeness (QED) is 0.740. The molecule has 4 N–H and O–H groups in total. The predicted molar refractivity (Wildman–Crippen MR) is 88.7 cm³/mol. The largest absolute Gasteiger partial charge is 0.366 e. The Bertz CT molecular complexity index is 776. The molecule has 6 nitrogen and oxygen atoms in total. The summed E-state index contributed by atoms with van der Waals surface area (Å²) in [6.07, 6.45) is 0. The fraction of sp³-hybridized carbons (Fsp3) is 0. The predicted octanol–water partition coefficient (Wildman–Crippen LogP) is 2.67. The van der Waals surface area contributed by atoms with Crippen molar-refractivity contribution in [2.75, 3.05) is 10.6 Å². The number of nitrogens with two attached hydrogens (primary N) is 1. The Morgan fingerprint density at radius 3 is 1.83 bits per heavy atom. The first-order chi connectivity index (χ1) is 10.9. The lowest BCUT2D eigenvalue weighted by Crippen LogP contribution is -2.29. The van der Waals surface area contributed by atoms with Crippen molar-refractivity contribution in [3.63, 3.8) is 0 Å². The van der Waals surface area contributed by atoms with Crippen molar-refractivity contribution in [3.05, 3.63) is 58.1 Å². The van der Waals surface area contributed by atoms with Crippen molar-refractivity contribution in [2.45, 2.75) is 0 Å². The van der Waals surface area contributed by atoms with Crippen molar-refractivity contribution in [2.24, 2.45) is 5.73 Å². The number of halogens is 2. The lowest BCUT2D eigenvalue weighted by Gasteiger charge is -2.07. The van der Waals surface area contributed by atoms with E-state index < -0.39 is 17.7 Å². The number of anilines is 2. The maximum Gasteiger partial charge on any atom is 0.314 e. The van der Waals surface area contributed by atoms with Crippen molar-refractivity contribution < 1.29 is 14.4 Å². The molecule has 0 spiro atoms. The van der Waals surface area contributed by atoms with E-state index in [0.717, 1.165) is 0 Å². The summed E-state index contributed by atoms with van der Waals surface area (Å²) in [7, 11) is 0. The fourth-order valence-corrected chi connectivity index (χ4v) is 1.97. The van der Waals surface area contributed by atoms with Gasteiger partial charge in [-0.3, -0.25) is 14.4 Å². The fourth-order valence-electron chi connectivity index (χ4n) is 1.67. The molecule has 0 bridgehead atoms. The van der Waals surface area contributed by atoms with Gasteiger partial charge in [0, 0.05) is 16.9 Å². The zero-order valence-corrected chi connectivity index (χ0v) is 13.1. The summed E-state index contributed by atoms with van der Waals surface area (Å²) < 4.78 is 0. The number of nitrogens with one attached hydrogen (secondary N) is 2. The van der Waals surface area contributed by atoms with Gasteiger partial charge in [-0.1, -0.05) is 23.2 Å². The third kappa shape index (κ3) is 4.45. The molecule has 8 heteroatoms. The van der Waals surface area contributed by atoms with Gasteiger partial charge in [-0.25, -0.2) is 0 Å². The summed E-state index contributed by atoms with van der Waals surface area (Å²) >= 11 is 11.6. The highest BCUT2D eigenvalue weighted by atomic mass is 35.5. The molecule has 0 heterocycles. The van der Waals surface area contributed by atoms with Gasteiger partial charge in [-0.05, 0) is 42.5 Å². The highest BCUT2D eigenvalue weighted by Gasteiger charge is 2.14. The number of primary amides is 1. The van der Waals surface area contributed by atoms with E-state index in [0.29, 0.717) is 22.0 Å². The molecular formula is C15H11Cl2N3O3. The van der Waals surface area contributed by atoms with Crippen LogP contribution in [0.3, 0.4) is 0 Å². The second-order valence-electron chi connectivity index (χ2n) is 4.48. The Hall–Kier alpha value is -2.57.